The van der Waals surface area contributed by atoms with E-state index in [2.05, 4.69) is 5.32 Å². The van der Waals surface area contributed by atoms with Crippen LogP contribution in [0.5, 0.6) is 0 Å². The van der Waals surface area contributed by atoms with E-state index in [4.69, 9.17) is 10.2 Å². The topological polar surface area (TPSA) is 104 Å². The number of aliphatic carboxylic acids is 2. The summed E-state index contributed by atoms with van der Waals surface area (Å²) in [6, 6.07) is 0. The number of amides is 1. The number of hydrogen-bond donors (Lipinski definition) is 3. The normalized spacial score (nSPS) is 18.2. The molecule has 0 bridgehead atoms. The Balaban J connectivity index is 0. The molecule has 1 fully saturated rings. The number of hydrogen-bond acceptors (Lipinski definition) is 3. The average molecular weight is 183 g/mol. The van der Waals surface area contributed by atoms with E-state index < -0.39 is 23.3 Å². The van der Waals surface area contributed by atoms with E-state index in [0.717, 1.165) is 0 Å². The first-order chi connectivity index (χ1) is 5.01. The first-order valence-electron chi connectivity index (χ1n) is 2.77. The number of carbonyl (C=O) groups excluding carboxylic acids is 1. The van der Waals surface area contributed by atoms with Gasteiger partial charge in [0.15, 0.2) is 0 Å². The molecule has 0 atom stereocenters. The molecule has 1 aliphatic rings. The van der Waals surface area contributed by atoms with Gasteiger partial charge in [0.2, 0.25) is 0 Å². The zero-order chi connectivity index (χ0) is 8.65. The summed E-state index contributed by atoms with van der Waals surface area (Å²) in [7, 11) is 0. The van der Waals surface area contributed by atoms with Crippen molar-refractivity contribution in [2.24, 2.45) is 5.41 Å². The molecule has 1 amide bonds. The number of rotatable bonds is 2. The average Bonchev–Trinajstić information content (AvgIpc) is 1.83. The fraction of sp³-hybridized carbons (Fsp3) is 0.400. The summed E-state index contributed by atoms with van der Waals surface area (Å²) in [5, 5.41) is 18.8. The van der Waals surface area contributed by atoms with Crippen LogP contribution >= 0.6 is 0 Å². The maximum absolute atomic E-state index is 10.6. The predicted molar refractivity (Wildman–Crippen MR) is 31.8 cm³/mol. The van der Waals surface area contributed by atoms with Gasteiger partial charge < -0.3 is 17.0 Å². The Labute approximate surface area is 90.7 Å². The molecule has 0 saturated carbocycles. The Morgan fingerprint density at radius 3 is 1.83 bits per heavy atom. The standard InChI is InChI=1S/C5H5NO5.Na.H/c7-2-5(1-6-2,3(8)9)4(10)11;;/h1H2,(H,6,7)(H,8,9)(H,10,11);;/q;+1;-1. The van der Waals surface area contributed by atoms with Gasteiger partial charge in [0.05, 0.1) is 6.54 Å². The van der Waals surface area contributed by atoms with Gasteiger partial charge >= 0.3 is 41.5 Å². The van der Waals surface area contributed by atoms with Gasteiger partial charge in [-0.1, -0.05) is 0 Å². The van der Waals surface area contributed by atoms with Gasteiger partial charge in [-0.05, 0) is 0 Å². The van der Waals surface area contributed by atoms with Crippen molar-refractivity contribution in [2.45, 2.75) is 0 Å². The SMILES string of the molecule is O=C(O)C1(C(=O)O)CNC1=O.[H-].[Na+]. The third-order valence-electron chi connectivity index (χ3n) is 1.63. The molecule has 0 aromatic heterocycles. The molecule has 0 unspecified atom stereocenters. The predicted octanol–water partition coefficient (Wildman–Crippen LogP) is -4.61. The van der Waals surface area contributed by atoms with E-state index in [1.807, 2.05) is 0 Å². The van der Waals surface area contributed by atoms with Crippen LogP contribution < -0.4 is 34.9 Å². The van der Waals surface area contributed by atoms with Gasteiger partial charge in [-0.15, -0.1) is 0 Å². The maximum atomic E-state index is 10.6. The zero-order valence-corrected chi connectivity index (χ0v) is 8.33. The zero-order valence-electron chi connectivity index (χ0n) is 7.33. The number of nitrogens with one attached hydrogen (secondary N) is 1. The summed E-state index contributed by atoms with van der Waals surface area (Å²) in [6.07, 6.45) is 0. The Bertz CT molecular complexity index is 228. The first-order valence-corrected chi connectivity index (χ1v) is 2.77. The minimum atomic E-state index is -2.24. The summed E-state index contributed by atoms with van der Waals surface area (Å²) in [5.41, 5.74) is -2.24. The first kappa shape index (κ1) is 11.4. The second-order valence-corrected chi connectivity index (χ2v) is 2.20. The van der Waals surface area contributed by atoms with Crippen LogP contribution in [0, 0.1) is 5.41 Å². The van der Waals surface area contributed by atoms with Crippen LogP contribution in [0.4, 0.5) is 0 Å². The Hall–Kier alpha value is -0.590. The molecule has 0 spiro atoms. The molecular formula is C5H6NNaO5. The molecule has 6 nitrogen and oxygen atoms in total. The van der Waals surface area contributed by atoms with E-state index in [9.17, 15) is 14.4 Å². The second-order valence-electron chi connectivity index (χ2n) is 2.20. The van der Waals surface area contributed by atoms with Crippen molar-refractivity contribution >= 4 is 17.8 Å². The molecule has 0 aromatic rings. The fourth-order valence-electron chi connectivity index (χ4n) is 0.774. The van der Waals surface area contributed by atoms with E-state index in [0.29, 0.717) is 0 Å². The molecule has 1 saturated heterocycles. The van der Waals surface area contributed by atoms with Crippen molar-refractivity contribution in [3.8, 4) is 0 Å². The summed E-state index contributed by atoms with van der Waals surface area (Å²) >= 11 is 0. The third kappa shape index (κ3) is 1.21. The smallest absolute Gasteiger partial charge is 1.00 e. The molecule has 1 heterocycles. The maximum Gasteiger partial charge on any atom is 1.00 e. The van der Waals surface area contributed by atoms with Crippen molar-refractivity contribution in [1.82, 2.24) is 5.32 Å². The van der Waals surface area contributed by atoms with E-state index in [1.54, 1.807) is 0 Å². The Kier molecular flexibility index (Phi) is 3.25. The molecular weight excluding hydrogens is 177 g/mol. The van der Waals surface area contributed by atoms with Crippen molar-refractivity contribution in [3.05, 3.63) is 0 Å². The largest absolute Gasteiger partial charge is 1.00 e. The van der Waals surface area contributed by atoms with Crippen molar-refractivity contribution in [1.29, 1.82) is 0 Å². The van der Waals surface area contributed by atoms with E-state index >= 15 is 0 Å². The van der Waals surface area contributed by atoms with Crippen LogP contribution in [0.25, 0.3) is 0 Å². The number of carbonyl (C=O) groups is 3. The number of carboxylic acid groups (broad SMARTS) is 2. The minimum absolute atomic E-state index is 0. The summed E-state index contributed by atoms with van der Waals surface area (Å²) in [4.78, 5) is 31.2. The molecule has 12 heavy (non-hydrogen) atoms. The van der Waals surface area contributed by atoms with Gasteiger partial charge in [-0.25, -0.2) is 0 Å². The van der Waals surface area contributed by atoms with Crippen molar-refractivity contribution in [2.75, 3.05) is 6.54 Å². The van der Waals surface area contributed by atoms with Gasteiger partial charge in [0.1, 0.15) is 0 Å². The van der Waals surface area contributed by atoms with E-state index in [-0.39, 0.29) is 37.5 Å². The molecule has 0 radical (unpaired) electrons. The van der Waals surface area contributed by atoms with Crippen LogP contribution in [0.15, 0.2) is 0 Å². The van der Waals surface area contributed by atoms with Crippen molar-refractivity contribution in [3.63, 3.8) is 0 Å². The summed E-state index contributed by atoms with van der Waals surface area (Å²) < 4.78 is 0. The van der Waals surface area contributed by atoms with Crippen LogP contribution in [-0.4, -0.2) is 34.6 Å². The monoisotopic (exact) mass is 183 g/mol. The van der Waals surface area contributed by atoms with Crippen LogP contribution in [0.1, 0.15) is 1.43 Å². The Morgan fingerprint density at radius 1 is 1.42 bits per heavy atom. The van der Waals surface area contributed by atoms with Gasteiger partial charge in [-0.3, -0.25) is 14.4 Å². The number of carboxylic acids is 2. The van der Waals surface area contributed by atoms with Gasteiger partial charge in [0, 0.05) is 0 Å². The third-order valence-corrected chi connectivity index (χ3v) is 1.63. The molecule has 1 rings (SSSR count). The fourth-order valence-corrected chi connectivity index (χ4v) is 0.774. The van der Waals surface area contributed by atoms with Crippen LogP contribution in [0.2, 0.25) is 0 Å². The molecule has 1 aliphatic heterocycles. The molecule has 0 aliphatic carbocycles. The quantitative estimate of drug-likeness (QED) is 0.227. The van der Waals surface area contributed by atoms with Gasteiger partial charge in [-0.2, -0.15) is 0 Å². The molecule has 62 valence electrons. The van der Waals surface area contributed by atoms with Crippen LogP contribution in [0.3, 0.4) is 0 Å². The molecule has 0 aromatic carbocycles. The van der Waals surface area contributed by atoms with Crippen LogP contribution in [-0.2, 0) is 14.4 Å². The summed E-state index contributed by atoms with van der Waals surface area (Å²) in [6.45, 7) is -0.337. The second kappa shape index (κ2) is 3.42. The number of β-lactam (4-membered cyclic amide) rings is 1. The summed E-state index contributed by atoms with van der Waals surface area (Å²) in [5.74, 6) is -4.19. The van der Waals surface area contributed by atoms with Gasteiger partial charge in [0.25, 0.3) is 11.3 Å². The van der Waals surface area contributed by atoms with Crippen molar-refractivity contribution < 1.29 is 55.6 Å². The molecule has 7 heteroatoms. The minimum Gasteiger partial charge on any atom is -1.00 e. The molecule has 3 N–H and O–H groups in total. The van der Waals surface area contributed by atoms with E-state index in [1.165, 1.54) is 0 Å². The Morgan fingerprint density at radius 2 is 1.83 bits per heavy atom.